The van der Waals surface area contributed by atoms with E-state index in [-0.39, 0.29) is 0 Å². The van der Waals surface area contributed by atoms with Crippen LogP contribution in [0.2, 0.25) is 0 Å². The third-order valence-corrected chi connectivity index (χ3v) is 2.69. The second-order valence-corrected chi connectivity index (χ2v) is 4.52. The van der Waals surface area contributed by atoms with E-state index in [2.05, 4.69) is 0 Å². The summed E-state index contributed by atoms with van der Waals surface area (Å²) in [6.45, 7) is 0. The van der Waals surface area contributed by atoms with Crippen molar-refractivity contribution in [1.82, 2.24) is 5.01 Å². The molecular weight excluding hydrogens is 251 g/mol. The van der Waals surface area contributed by atoms with Crippen molar-refractivity contribution in [2.75, 3.05) is 5.01 Å². The van der Waals surface area contributed by atoms with Crippen molar-refractivity contribution in [3.8, 4) is 0 Å². The molecule has 0 saturated carbocycles. The molecule has 0 unspecified atom stereocenters. The first-order chi connectivity index (χ1) is 7.52. The molecule has 84 valence electrons. The largest absolute Gasteiger partial charge is 0.464 e. The topological polar surface area (TPSA) is 43.8 Å². The van der Waals surface area contributed by atoms with E-state index in [4.69, 9.17) is 28.3 Å². The summed E-state index contributed by atoms with van der Waals surface area (Å²) in [6, 6.07) is 8.95. The predicted molar refractivity (Wildman–Crippen MR) is 62.4 cm³/mol. The van der Waals surface area contributed by atoms with Crippen LogP contribution < -0.4 is 5.01 Å². The van der Waals surface area contributed by atoms with Crippen LogP contribution in [0.25, 0.3) is 0 Å². The zero-order chi connectivity index (χ0) is 11.8. The molecule has 1 aromatic rings. The van der Waals surface area contributed by atoms with E-state index in [9.17, 15) is 4.79 Å². The number of benzene rings is 1. The second kappa shape index (κ2) is 3.88. The first-order valence-electron chi connectivity index (χ1n) is 4.47. The fourth-order valence-electron chi connectivity index (χ4n) is 1.44. The van der Waals surface area contributed by atoms with Gasteiger partial charge in [0, 0.05) is 6.20 Å². The zero-order valence-electron chi connectivity index (χ0n) is 8.05. The van der Waals surface area contributed by atoms with Crippen LogP contribution in [0.4, 0.5) is 10.5 Å². The number of amides is 1. The van der Waals surface area contributed by atoms with Gasteiger partial charge in [-0.05, 0) is 18.2 Å². The van der Waals surface area contributed by atoms with Gasteiger partial charge in [0.05, 0.1) is 5.69 Å². The molecule has 1 aliphatic heterocycles. The number of hydrogen-bond acceptors (Lipinski definition) is 2. The molecule has 1 N–H and O–H groups in total. The number of carbonyl (C=O) groups is 1. The van der Waals surface area contributed by atoms with Crippen LogP contribution >= 0.6 is 23.2 Å². The summed E-state index contributed by atoms with van der Waals surface area (Å²) in [5.74, 6) is 0. The molecule has 1 aromatic carbocycles. The van der Waals surface area contributed by atoms with Crippen LogP contribution in [-0.4, -0.2) is 20.7 Å². The molecule has 2 rings (SSSR count). The van der Waals surface area contributed by atoms with E-state index >= 15 is 0 Å². The molecular formula is C10H8Cl2N2O2. The maximum Gasteiger partial charge on any atom is 0.429 e. The van der Waals surface area contributed by atoms with Crippen LogP contribution in [0.1, 0.15) is 0 Å². The van der Waals surface area contributed by atoms with E-state index in [1.54, 1.807) is 24.3 Å². The van der Waals surface area contributed by atoms with Gasteiger partial charge in [-0.2, -0.15) is 5.01 Å². The number of hydrogen-bond donors (Lipinski definition) is 1. The highest BCUT2D eigenvalue weighted by Gasteiger charge is 2.42. The van der Waals surface area contributed by atoms with E-state index in [1.165, 1.54) is 17.3 Å². The van der Waals surface area contributed by atoms with Crippen molar-refractivity contribution in [2.24, 2.45) is 0 Å². The van der Waals surface area contributed by atoms with Crippen molar-refractivity contribution < 1.29 is 9.90 Å². The Morgan fingerprint density at radius 1 is 1.25 bits per heavy atom. The van der Waals surface area contributed by atoms with Gasteiger partial charge < -0.3 is 5.11 Å². The van der Waals surface area contributed by atoms with Gasteiger partial charge in [0.25, 0.3) is 0 Å². The minimum atomic E-state index is -1.57. The molecule has 0 aliphatic carbocycles. The number of halogens is 2. The Bertz CT molecular complexity index is 434. The standard InChI is InChI=1S/C10H8Cl2N2O2/c11-10(12)6-7-13(14(10)9(15)16)8-4-2-1-3-5-8/h1-7H,(H,15,16). The summed E-state index contributed by atoms with van der Waals surface area (Å²) < 4.78 is -1.57. The minimum absolute atomic E-state index is 0.671. The SMILES string of the molecule is O=C(O)N1N(c2ccccc2)C=CC1(Cl)Cl. The third kappa shape index (κ3) is 1.81. The van der Waals surface area contributed by atoms with Gasteiger partial charge in [-0.1, -0.05) is 41.4 Å². The van der Waals surface area contributed by atoms with Gasteiger partial charge in [-0.15, -0.1) is 0 Å². The second-order valence-electron chi connectivity index (χ2n) is 3.18. The number of hydrazine groups is 1. The first-order valence-corrected chi connectivity index (χ1v) is 5.22. The Morgan fingerprint density at radius 2 is 1.88 bits per heavy atom. The predicted octanol–water partition coefficient (Wildman–Crippen LogP) is 3.05. The average Bonchev–Trinajstić information content (AvgIpc) is 2.55. The molecule has 1 amide bonds. The molecule has 1 aliphatic rings. The zero-order valence-corrected chi connectivity index (χ0v) is 9.56. The maximum atomic E-state index is 11.1. The van der Waals surface area contributed by atoms with Crippen LogP contribution in [0, 0.1) is 0 Å². The normalized spacial score (nSPS) is 17.9. The lowest BCUT2D eigenvalue weighted by Gasteiger charge is -2.32. The molecule has 0 atom stereocenters. The third-order valence-electron chi connectivity index (χ3n) is 2.12. The number of anilines is 1. The van der Waals surface area contributed by atoms with E-state index in [0.717, 1.165) is 5.01 Å². The summed E-state index contributed by atoms with van der Waals surface area (Å²) in [7, 11) is 0. The number of nitrogens with zero attached hydrogens (tertiary/aromatic N) is 2. The van der Waals surface area contributed by atoms with E-state index < -0.39 is 10.6 Å². The van der Waals surface area contributed by atoms with Crippen LogP contribution in [0.15, 0.2) is 42.6 Å². The van der Waals surface area contributed by atoms with Crippen LogP contribution in [-0.2, 0) is 0 Å². The highest BCUT2D eigenvalue weighted by molar-refractivity contribution is 6.50. The van der Waals surface area contributed by atoms with Crippen molar-refractivity contribution in [3.63, 3.8) is 0 Å². The maximum absolute atomic E-state index is 11.1. The molecule has 0 radical (unpaired) electrons. The first kappa shape index (κ1) is 11.1. The number of alkyl halides is 2. The minimum Gasteiger partial charge on any atom is -0.464 e. The molecule has 0 fully saturated rings. The molecule has 16 heavy (non-hydrogen) atoms. The summed E-state index contributed by atoms with van der Waals surface area (Å²) in [4.78, 5) is 11.1. The van der Waals surface area contributed by atoms with Crippen molar-refractivity contribution in [2.45, 2.75) is 4.46 Å². The molecule has 6 heteroatoms. The Hall–Kier alpha value is -1.39. The van der Waals surface area contributed by atoms with Crippen molar-refractivity contribution in [3.05, 3.63) is 42.6 Å². The van der Waals surface area contributed by atoms with Gasteiger partial charge in [0.1, 0.15) is 0 Å². The van der Waals surface area contributed by atoms with Gasteiger partial charge in [-0.25, -0.2) is 4.79 Å². The number of para-hydroxylation sites is 1. The van der Waals surface area contributed by atoms with Crippen molar-refractivity contribution >= 4 is 35.0 Å². The number of rotatable bonds is 1. The summed E-state index contributed by atoms with van der Waals surface area (Å²) in [5.41, 5.74) is 0.671. The van der Waals surface area contributed by atoms with Crippen molar-refractivity contribution in [1.29, 1.82) is 0 Å². The molecule has 0 aromatic heterocycles. The molecule has 0 bridgehead atoms. The summed E-state index contributed by atoms with van der Waals surface area (Å²) >= 11 is 11.7. The van der Waals surface area contributed by atoms with Crippen LogP contribution in [0.5, 0.6) is 0 Å². The number of carboxylic acid groups (broad SMARTS) is 1. The quantitative estimate of drug-likeness (QED) is 0.622. The fourth-order valence-corrected chi connectivity index (χ4v) is 1.86. The van der Waals surface area contributed by atoms with E-state index in [0.29, 0.717) is 5.69 Å². The fraction of sp³-hybridized carbons (Fsp3) is 0.100. The smallest absolute Gasteiger partial charge is 0.429 e. The molecule has 4 nitrogen and oxygen atoms in total. The monoisotopic (exact) mass is 258 g/mol. The molecule has 1 heterocycles. The lowest BCUT2D eigenvalue weighted by atomic mass is 10.3. The van der Waals surface area contributed by atoms with Gasteiger partial charge in [0.2, 0.25) is 4.46 Å². The van der Waals surface area contributed by atoms with Gasteiger partial charge >= 0.3 is 6.09 Å². The molecule has 0 saturated heterocycles. The lowest BCUT2D eigenvalue weighted by Crippen LogP contribution is -2.47. The summed E-state index contributed by atoms with van der Waals surface area (Å²) in [6.07, 6.45) is 1.69. The Morgan fingerprint density at radius 3 is 2.44 bits per heavy atom. The Labute approximate surface area is 102 Å². The average molecular weight is 259 g/mol. The van der Waals surface area contributed by atoms with Gasteiger partial charge in [-0.3, -0.25) is 5.01 Å². The highest BCUT2D eigenvalue weighted by Crippen LogP contribution is 2.37. The summed E-state index contributed by atoms with van der Waals surface area (Å²) in [5, 5.41) is 11.3. The Balaban J connectivity index is 2.37. The highest BCUT2D eigenvalue weighted by atomic mass is 35.5. The lowest BCUT2D eigenvalue weighted by molar-refractivity contribution is 0.143. The van der Waals surface area contributed by atoms with Gasteiger partial charge in [0.15, 0.2) is 0 Å². The molecule has 0 spiro atoms. The Kier molecular flexibility index (Phi) is 2.69. The van der Waals surface area contributed by atoms with E-state index in [1.807, 2.05) is 6.07 Å². The van der Waals surface area contributed by atoms with Crippen LogP contribution in [0.3, 0.4) is 0 Å².